The van der Waals surface area contributed by atoms with Crippen molar-refractivity contribution in [3.63, 3.8) is 0 Å². The lowest BCUT2D eigenvalue weighted by Crippen LogP contribution is -2.24. The van der Waals surface area contributed by atoms with Crippen molar-refractivity contribution < 1.29 is 42.3 Å². The topological polar surface area (TPSA) is 116 Å². The van der Waals surface area contributed by atoms with Crippen LogP contribution in [-0.4, -0.2) is 28.1 Å². The van der Waals surface area contributed by atoms with E-state index in [1.165, 1.54) is 0 Å². The molecule has 2 rings (SSSR count). The van der Waals surface area contributed by atoms with Gasteiger partial charge in [-0.25, -0.2) is 9.59 Å². The van der Waals surface area contributed by atoms with E-state index in [9.17, 15) is 32.9 Å². The summed E-state index contributed by atoms with van der Waals surface area (Å²) in [6.45, 7) is 1.05. The van der Waals surface area contributed by atoms with Crippen molar-refractivity contribution in [1.29, 1.82) is 0 Å². The first kappa shape index (κ1) is 22.0. The Hall–Kier alpha value is -3.34. The van der Waals surface area contributed by atoms with Crippen LogP contribution in [-0.2, 0) is 15.7 Å². The number of benzene rings is 2. The van der Waals surface area contributed by atoms with Gasteiger partial charge in [-0.15, -0.1) is 0 Å². The summed E-state index contributed by atoms with van der Waals surface area (Å²) in [4.78, 5) is 33.1. The highest BCUT2D eigenvalue weighted by Gasteiger charge is 2.31. The fourth-order valence-electron chi connectivity index (χ4n) is 2.06. The Morgan fingerprint density at radius 2 is 1.86 bits per heavy atom. The van der Waals surface area contributed by atoms with Crippen molar-refractivity contribution in [2.24, 2.45) is 0 Å². The van der Waals surface area contributed by atoms with Crippen molar-refractivity contribution in [1.82, 2.24) is 0 Å². The molecule has 2 aromatic carbocycles. The van der Waals surface area contributed by atoms with Crippen LogP contribution in [0.15, 0.2) is 36.4 Å². The molecule has 0 spiro atoms. The first-order chi connectivity index (χ1) is 13.4. The molecule has 1 N–H and O–H groups in total. The van der Waals surface area contributed by atoms with Gasteiger partial charge in [0.1, 0.15) is 17.1 Å². The number of carbonyl (C=O) groups excluding carboxylic acids is 1. The quantitative estimate of drug-likeness (QED) is 0.399. The number of rotatable bonds is 6. The molecule has 0 radical (unpaired) electrons. The van der Waals surface area contributed by atoms with Crippen LogP contribution in [0.2, 0.25) is 5.02 Å². The van der Waals surface area contributed by atoms with Crippen molar-refractivity contribution >= 4 is 29.2 Å². The number of halogens is 4. The maximum atomic E-state index is 12.7. The van der Waals surface area contributed by atoms with E-state index in [1.54, 1.807) is 0 Å². The van der Waals surface area contributed by atoms with Crippen LogP contribution >= 0.6 is 11.6 Å². The predicted molar refractivity (Wildman–Crippen MR) is 92.1 cm³/mol. The van der Waals surface area contributed by atoms with Crippen molar-refractivity contribution in [2.75, 3.05) is 0 Å². The van der Waals surface area contributed by atoms with Gasteiger partial charge in [-0.3, -0.25) is 10.1 Å². The smallest absolute Gasteiger partial charge is 0.416 e. The normalized spacial score (nSPS) is 12.2. The zero-order valence-corrected chi connectivity index (χ0v) is 15.2. The molecule has 0 aliphatic heterocycles. The van der Waals surface area contributed by atoms with Crippen LogP contribution in [0.5, 0.6) is 11.5 Å². The largest absolute Gasteiger partial charge is 0.479 e. The van der Waals surface area contributed by atoms with Gasteiger partial charge in [0.05, 0.1) is 15.5 Å². The number of nitrogens with zero attached hydrogens (tertiary/aromatic N) is 1. The predicted octanol–water partition coefficient (Wildman–Crippen LogP) is 4.69. The number of hydrogen-bond donors (Lipinski definition) is 1. The molecule has 1 unspecified atom stereocenters. The fourth-order valence-corrected chi connectivity index (χ4v) is 2.28. The Bertz CT molecular complexity index is 978. The van der Waals surface area contributed by atoms with Crippen LogP contribution in [0.25, 0.3) is 0 Å². The van der Waals surface area contributed by atoms with Crippen LogP contribution in [0.1, 0.15) is 22.8 Å². The molecule has 0 heterocycles. The first-order valence-corrected chi connectivity index (χ1v) is 8.04. The van der Waals surface area contributed by atoms with Crippen molar-refractivity contribution in [3.8, 4) is 11.5 Å². The number of carbonyl (C=O) groups is 2. The third kappa shape index (κ3) is 5.35. The van der Waals surface area contributed by atoms with E-state index in [2.05, 4.69) is 4.74 Å². The molecule has 0 aromatic heterocycles. The third-order valence-corrected chi connectivity index (χ3v) is 3.80. The van der Waals surface area contributed by atoms with Gasteiger partial charge in [0.25, 0.3) is 5.69 Å². The molecule has 2 aromatic rings. The zero-order valence-electron chi connectivity index (χ0n) is 14.4. The lowest BCUT2D eigenvalue weighted by atomic mass is 10.1. The maximum Gasteiger partial charge on any atom is 0.416 e. The van der Waals surface area contributed by atoms with Crippen LogP contribution < -0.4 is 4.74 Å². The number of esters is 1. The standard InChI is InChI=1S/C17H11ClF3NO7/c1-8(15(23)24)28-16(25)11-7-10(3-4-13(11)22(26)27)29-14-5-2-9(6-12(14)18)17(19,20)21/h2-8H,1H3,(H,23,24). The molecule has 12 heteroatoms. The molecule has 0 fully saturated rings. The summed E-state index contributed by atoms with van der Waals surface area (Å²) in [6.07, 6.45) is -6.19. The highest BCUT2D eigenvalue weighted by molar-refractivity contribution is 6.32. The highest BCUT2D eigenvalue weighted by Crippen LogP contribution is 2.37. The van der Waals surface area contributed by atoms with E-state index in [1.807, 2.05) is 0 Å². The molecule has 8 nitrogen and oxygen atoms in total. The number of nitro groups is 1. The molecule has 0 bridgehead atoms. The Labute approximate surface area is 165 Å². The lowest BCUT2D eigenvalue weighted by molar-refractivity contribution is -0.385. The summed E-state index contributed by atoms with van der Waals surface area (Å²) in [5, 5.41) is 19.5. The number of hydrogen-bond acceptors (Lipinski definition) is 6. The van der Waals surface area contributed by atoms with Crippen LogP contribution in [0.3, 0.4) is 0 Å². The van der Waals surface area contributed by atoms with E-state index >= 15 is 0 Å². The Morgan fingerprint density at radius 1 is 1.21 bits per heavy atom. The third-order valence-electron chi connectivity index (χ3n) is 3.50. The van der Waals surface area contributed by atoms with Crippen LogP contribution in [0.4, 0.5) is 18.9 Å². The highest BCUT2D eigenvalue weighted by atomic mass is 35.5. The molecule has 0 saturated heterocycles. The van der Waals surface area contributed by atoms with E-state index in [4.69, 9.17) is 21.4 Å². The molecule has 1 atom stereocenters. The van der Waals surface area contributed by atoms with Gasteiger partial charge >= 0.3 is 18.1 Å². The molecular weight excluding hydrogens is 423 g/mol. The van der Waals surface area contributed by atoms with Gasteiger partial charge < -0.3 is 14.6 Å². The Morgan fingerprint density at radius 3 is 2.38 bits per heavy atom. The fraction of sp³-hybridized carbons (Fsp3) is 0.176. The second-order valence-electron chi connectivity index (χ2n) is 5.57. The number of ether oxygens (including phenoxy) is 2. The number of aliphatic carboxylic acids is 1. The van der Waals surface area contributed by atoms with E-state index in [-0.39, 0.29) is 16.5 Å². The number of carboxylic acids is 1. The van der Waals surface area contributed by atoms with Crippen LogP contribution in [0, 0.1) is 10.1 Å². The minimum absolute atomic E-state index is 0.174. The summed E-state index contributed by atoms with van der Waals surface area (Å²) < 4.78 is 48.0. The average Bonchev–Trinajstić information content (AvgIpc) is 2.62. The van der Waals surface area contributed by atoms with E-state index in [0.717, 1.165) is 37.3 Å². The number of carboxylic acid groups (broad SMARTS) is 1. The SMILES string of the molecule is CC(OC(=O)c1cc(Oc2ccc(C(F)(F)F)cc2Cl)ccc1[N+](=O)[O-])C(=O)O. The minimum atomic E-state index is -4.62. The van der Waals surface area contributed by atoms with E-state index in [0.29, 0.717) is 6.07 Å². The van der Waals surface area contributed by atoms with Gasteiger partial charge in [0.15, 0.2) is 6.10 Å². The van der Waals surface area contributed by atoms with Gasteiger partial charge in [-0.05, 0) is 31.2 Å². The number of nitro benzene ring substituents is 1. The molecule has 29 heavy (non-hydrogen) atoms. The lowest BCUT2D eigenvalue weighted by Gasteiger charge is -2.12. The zero-order chi connectivity index (χ0) is 21.9. The van der Waals surface area contributed by atoms with Gasteiger partial charge in [0, 0.05) is 12.1 Å². The summed E-state index contributed by atoms with van der Waals surface area (Å²) in [5.74, 6) is -3.14. The number of alkyl halides is 3. The molecule has 154 valence electrons. The summed E-state index contributed by atoms with van der Waals surface area (Å²) >= 11 is 5.78. The summed E-state index contributed by atoms with van der Waals surface area (Å²) in [6, 6.07) is 5.17. The molecular formula is C17H11ClF3NO7. The Balaban J connectivity index is 2.37. The Kier molecular flexibility index (Phi) is 6.32. The second-order valence-corrected chi connectivity index (χ2v) is 5.97. The summed E-state index contributed by atoms with van der Waals surface area (Å²) in [7, 11) is 0. The van der Waals surface area contributed by atoms with Gasteiger partial charge in [0.2, 0.25) is 0 Å². The monoisotopic (exact) mass is 433 g/mol. The molecule has 0 aliphatic rings. The molecule has 0 amide bonds. The molecule has 0 aliphatic carbocycles. The van der Waals surface area contributed by atoms with E-state index < -0.39 is 46.0 Å². The molecule has 0 saturated carbocycles. The van der Waals surface area contributed by atoms with Crippen molar-refractivity contribution in [3.05, 3.63) is 62.7 Å². The maximum absolute atomic E-state index is 12.7. The minimum Gasteiger partial charge on any atom is -0.479 e. The second kappa shape index (κ2) is 8.35. The first-order valence-electron chi connectivity index (χ1n) is 7.67. The van der Waals surface area contributed by atoms with Gasteiger partial charge in [-0.2, -0.15) is 13.2 Å². The van der Waals surface area contributed by atoms with Crippen molar-refractivity contribution in [2.45, 2.75) is 19.2 Å². The average molecular weight is 434 g/mol. The summed E-state index contributed by atoms with van der Waals surface area (Å²) in [5.41, 5.74) is -2.30. The van der Waals surface area contributed by atoms with Gasteiger partial charge in [-0.1, -0.05) is 11.6 Å².